The van der Waals surface area contributed by atoms with Gasteiger partial charge in [0.25, 0.3) is 5.91 Å². The van der Waals surface area contributed by atoms with Crippen LogP contribution in [0.2, 0.25) is 0 Å². The molecule has 170 valence electrons. The van der Waals surface area contributed by atoms with Gasteiger partial charge in [0.1, 0.15) is 29.6 Å². The smallest absolute Gasteiger partial charge is 0.287 e. The van der Waals surface area contributed by atoms with Crippen LogP contribution >= 0.6 is 0 Å². The van der Waals surface area contributed by atoms with Crippen LogP contribution in [-0.4, -0.2) is 20.1 Å². The topological polar surface area (TPSA) is 69.9 Å². The molecular formula is C26H31NO5. The summed E-state index contributed by atoms with van der Waals surface area (Å²) in [6, 6.07) is 14.8. The Labute approximate surface area is 189 Å². The molecule has 1 aromatic heterocycles. The summed E-state index contributed by atoms with van der Waals surface area (Å²) in [6.07, 6.45) is 0. The van der Waals surface area contributed by atoms with Gasteiger partial charge in [-0.25, -0.2) is 0 Å². The Morgan fingerprint density at radius 2 is 1.72 bits per heavy atom. The van der Waals surface area contributed by atoms with Gasteiger partial charge < -0.3 is 23.9 Å². The van der Waals surface area contributed by atoms with Gasteiger partial charge in [0, 0.05) is 5.56 Å². The summed E-state index contributed by atoms with van der Waals surface area (Å²) < 4.78 is 22.5. The van der Waals surface area contributed by atoms with E-state index in [0.29, 0.717) is 23.2 Å². The van der Waals surface area contributed by atoms with Crippen LogP contribution in [0.3, 0.4) is 0 Å². The van der Waals surface area contributed by atoms with E-state index in [-0.39, 0.29) is 24.3 Å². The van der Waals surface area contributed by atoms with Gasteiger partial charge in [-0.3, -0.25) is 4.79 Å². The molecule has 0 radical (unpaired) electrons. The molecule has 1 unspecified atom stereocenters. The van der Waals surface area contributed by atoms with E-state index in [0.717, 1.165) is 22.4 Å². The Hall–Kier alpha value is -3.41. The maximum Gasteiger partial charge on any atom is 0.287 e. The van der Waals surface area contributed by atoms with Crippen molar-refractivity contribution in [3.8, 4) is 17.2 Å². The highest BCUT2D eigenvalue weighted by molar-refractivity contribution is 5.91. The van der Waals surface area contributed by atoms with Crippen molar-refractivity contribution in [2.24, 2.45) is 0 Å². The van der Waals surface area contributed by atoms with E-state index in [9.17, 15) is 4.79 Å². The van der Waals surface area contributed by atoms with Gasteiger partial charge in [-0.2, -0.15) is 0 Å². The second kappa shape index (κ2) is 10.3. The molecule has 1 heterocycles. The van der Waals surface area contributed by atoms with Crippen molar-refractivity contribution in [2.45, 2.75) is 46.3 Å². The summed E-state index contributed by atoms with van der Waals surface area (Å²) in [6.45, 7) is 8.42. The molecule has 3 rings (SSSR count). The average molecular weight is 438 g/mol. The first-order valence-electron chi connectivity index (χ1n) is 10.7. The number of hydrogen-bond acceptors (Lipinski definition) is 5. The van der Waals surface area contributed by atoms with E-state index in [4.69, 9.17) is 18.6 Å². The van der Waals surface area contributed by atoms with E-state index in [1.807, 2.05) is 38.1 Å². The van der Waals surface area contributed by atoms with E-state index in [1.54, 1.807) is 26.4 Å². The van der Waals surface area contributed by atoms with Gasteiger partial charge in [-0.05, 0) is 67.3 Å². The zero-order valence-electron chi connectivity index (χ0n) is 19.5. The number of carbonyl (C=O) groups excluding carboxylic acids is 1. The molecular weight excluding hydrogens is 406 g/mol. The Morgan fingerprint density at radius 3 is 2.41 bits per heavy atom. The van der Waals surface area contributed by atoms with Crippen molar-refractivity contribution >= 4 is 5.91 Å². The Kier molecular flexibility index (Phi) is 7.46. The number of nitrogens with one attached hydrogen (secondary N) is 1. The molecule has 1 atom stereocenters. The molecule has 0 saturated heterocycles. The van der Waals surface area contributed by atoms with Crippen molar-refractivity contribution in [3.05, 3.63) is 76.7 Å². The molecule has 32 heavy (non-hydrogen) atoms. The predicted molar refractivity (Wildman–Crippen MR) is 124 cm³/mol. The van der Waals surface area contributed by atoms with E-state index < -0.39 is 0 Å². The predicted octanol–water partition coefficient (Wildman–Crippen LogP) is 5.80. The third-order valence-electron chi connectivity index (χ3n) is 5.30. The highest BCUT2D eigenvalue weighted by atomic mass is 16.5. The third kappa shape index (κ3) is 5.44. The number of ether oxygens (including phenoxy) is 3. The highest BCUT2D eigenvalue weighted by Gasteiger charge is 2.19. The number of aryl methyl sites for hydroxylation is 1. The molecule has 1 N–H and O–H groups in total. The lowest BCUT2D eigenvalue weighted by Crippen LogP contribution is -2.26. The molecule has 0 aliphatic heterocycles. The van der Waals surface area contributed by atoms with Crippen LogP contribution in [0.5, 0.6) is 17.2 Å². The first kappa shape index (κ1) is 23.3. The maximum absolute atomic E-state index is 12.7. The minimum atomic E-state index is -0.313. The molecule has 1 amide bonds. The number of carbonyl (C=O) groups is 1. The van der Waals surface area contributed by atoms with E-state index in [2.05, 4.69) is 31.3 Å². The normalized spacial score (nSPS) is 11.8. The standard InChI is InChI=1S/C26H31NO5/c1-16(2)21-10-7-17(3)13-25(21)31-15-20-9-12-24(32-20)26(28)27-18(4)22-14-19(29-5)8-11-23(22)30-6/h7-14,16,18H,15H2,1-6H3,(H,27,28). The molecule has 3 aromatic rings. The lowest BCUT2D eigenvalue weighted by molar-refractivity contribution is 0.0907. The zero-order chi connectivity index (χ0) is 23.3. The summed E-state index contributed by atoms with van der Waals surface area (Å²) in [5.41, 5.74) is 3.09. The molecule has 0 fully saturated rings. The van der Waals surface area contributed by atoms with Crippen LogP contribution in [0.25, 0.3) is 0 Å². The number of amides is 1. The highest BCUT2D eigenvalue weighted by Crippen LogP contribution is 2.30. The van der Waals surface area contributed by atoms with Gasteiger partial charge >= 0.3 is 0 Å². The Balaban J connectivity index is 1.67. The van der Waals surface area contributed by atoms with Gasteiger partial charge in [0.2, 0.25) is 0 Å². The van der Waals surface area contributed by atoms with Crippen LogP contribution < -0.4 is 19.5 Å². The summed E-state index contributed by atoms with van der Waals surface area (Å²) in [7, 11) is 3.19. The first-order valence-corrected chi connectivity index (χ1v) is 10.7. The number of rotatable bonds is 9. The Morgan fingerprint density at radius 1 is 0.938 bits per heavy atom. The number of hydrogen-bond donors (Lipinski definition) is 1. The zero-order valence-corrected chi connectivity index (χ0v) is 19.5. The molecule has 0 aliphatic carbocycles. The SMILES string of the molecule is COc1ccc(OC)c(C(C)NC(=O)c2ccc(COc3cc(C)ccc3C(C)C)o2)c1. The second-order valence-corrected chi connectivity index (χ2v) is 8.05. The third-order valence-corrected chi connectivity index (χ3v) is 5.30. The number of furan rings is 1. The molecule has 6 nitrogen and oxygen atoms in total. The van der Waals surface area contributed by atoms with Crippen LogP contribution in [0.4, 0.5) is 0 Å². The minimum Gasteiger partial charge on any atom is -0.497 e. The van der Waals surface area contributed by atoms with Crippen molar-refractivity contribution in [3.63, 3.8) is 0 Å². The lowest BCUT2D eigenvalue weighted by Gasteiger charge is -2.17. The second-order valence-electron chi connectivity index (χ2n) is 8.05. The maximum atomic E-state index is 12.7. The van der Waals surface area contributed by atoms with Crippen LogP contribution in [0, 0.1) is 6.92 Å². The van der Waals surface area contributed by atoms with Gasteiger partial charge in [0.05, 0.1) is 20.3 Å². The van der Waals surface area contributed by atoms with Crippen molar-refractivity contribution in [2.75, 3.05) is 14.2 Å². The monoisotopic (exact) mass is 437 g/mol. The van der Waals surface area contributed by atoms with Crippen LogP contribution in [-0.2, 0) is 6.61 Å². The first-order chi connectivity index (χ1) is 15.3. The van der Waals surface area contributed by atoms with Crippen LogP contribution in [0.1, 0.15) is 65.7 Å². The fourth-order valence-corrected chi connectivity index (χ4v) is 3.49. The van der Waals surface area contributed by atoms with Crippen molar-refractivity contribution < 1.29 is 23.4 Å². The summed E-state index contributed by atoms with van der Waals surface area (Å²) in [5, 5.41) is 2.95. The minimum absolute atomic E-state index is 0.227. The van der Waals surface area contributed by atoms with E-state index >= 15 is 0 Å². The molecule has 0 saturated carbocycles. The molecule has 6 heteroatoms. The molecule has 0 spiro atoms. The van der Waals surface area contributed by atoms with Crippen LogP contribution in [0.15, 0.2) is 52.9 Å². The fourth-order valence-electron chi connectivity index (χ4n) is 3.49. The molecule has 0 aliphatic rings. The fraction of sp³-hybridized carbons (Fsp3) is 0.346. The number of methoxy groups -OCH3 is 2. The molecule has 0 bridgehead atoms. The average Bonchev–Trinajstić information content (AvgIpc) is 3.26. The van der Waals surface area contributed by atoms with Gasteiger partial charge in [0.15, 0.2) is 5.76 Å². The lowest BCUT2D eigenvalue weighted by atomic mass is 10.0. The van der Waals surface area contributed by atoms with Crippen molar-refractivity contribution in [1.29, 1.82) is 0 Å². The van der Waals surface area contributed by atoms with E-state index in [1.165, 1.54) is 0 Å². The largest absolute Gasteiger partial charge is 0.497 e. The Bertz CT molecular complexity index is 1070. The summed E-state index contributed by atoms with van der Waals surface area (Å²) in [5.74, 6) is 3.04. The summed E-state index contributed by atoms with van der Waals surface area (Å²) >= 11 is 0. The quantitative estimate of drug-likeness (QED) is 0.458. The molecule has 2 aromatic carbocycles. The van der Waals surface area contributed by atoms with Gasteiger partial charge in [-0.15, -0.1) is 0 Å². The van der Waals surface area contributed by atoms with Crippen molar-refractivity contribution in [1.82, 2.24) is 5.32 Å². The number of benzene rings is 2. The summed E-state index contributed by atoms with van der Waals surface area (Å²) in [4.78, 5) is 12.7. The van der Waals surface area contributed by atoms with Gasteiger partial charge in [-0.1, -0.05) is 26.0 Å².